The summed E-state index contributed by atoms with van der Waals surface area (Å²) in [4.78, 5) is 24.0. The standard InChI is InChI=1S/C18H17FN4O3/c19-16-11-13(3-8-17(16)22-9-1-2-10-22)12-20-21-18(24)14-4-6-15(7-5-14)23(25)26/h3-8,11-12H,1-2,9-10H2,(H,21,24)/b20-12-. The summed E-state index contributed by atoms with van der Waals surface area (Å²) < 4.78 is 14.2. The molecule has 0 aromatic heterocycles. The monoisotopic (exact) mass is 356 g/mol. The summed E-state index contributed by atoms with van der Waals surface area (Å²) in [6, 6.07) is 9.98. The zero-order valence-corrected chi connectivity index (χ0v) is 13.9. The zero-order chi connectivity index (χ0) is 18.5. The topological polar surface area (TPSA) is 87.8 Å². The average Bonchev–Trinajstić information content (AvgIpc) is 3.16. The molecule has 7 nitrogen and oxygen atoms in total. The average molecular weight is 356 g/mol. The van der Waals surface area contributed by atoms with E-state index >= 15 is 0 Å². The third-order valence-corrected chi connectivity index (χ3v) is 4.14. The lowest BCUT2D eigenvalue weighted by molar-refractivity contribution is -0.384. The number of nitro groups is 1. The number of nitrogens with zero attached hydrogens (tertiary/aromatic N) is 3. The van der Waals surface area contributed by atoms with Gasteiger partial charge in [-0.05, 0) is 42.7 Å². The minimum absolute atomic E-state index is 0.0985. The molecule has 0 unspecified atom stereocenters. The van der Waals surface area contributed by atoms with Gasteiger partial charge in [-0.15, -0.1) is 0 Å². The molecule has 0 saturated carbocycles. The Morgan fingerprint density at radius 1 is 1.19 bits per heavy atom. The maximum absolute atomic E-state index is 14.2. The van der Waals surface area contributed by atoms with Gasteiger partial charge in [-0.2, -0.15) is 5.10 Å². The molecule has 1 heterocycles. The molecular weight excluding hydrogens is 339 g/mol. The van der Waals surface area contributed by atoms with Crippen LogP contribution in [0.15, 0.2) is 47.6 Å². The van der Waals surface area contributed by atoms with E-state index in [1.165, 1.54) is 36.5 Å². The number of nitro benzene ring substituents is 1. The van der Waals surface area contributed by atoms with Crippen LogP contribution < -0.4 is 10.3 Å². The van der Waals surface area contributed by atoms with Crippen LogP contribution in [0.3, 0.4) is 0 Å². The first-order valence-corrected chi connectivity index (χ1v) is 8.17. The van der Waals surface area contributed by atoms with Crippen molar-refractivity contribution >= 4 is 23.5 Å². The van der Waals surface area contributed by atoms with Gasteiger partial charge in [0.2, 0.25) is 0 Å². The molecule has 0 aliphatic carbocycles. The molecule has 1 N–H and O–H groups in total. The Kier molecular flexibility index (Phi) is 5.21. The summed E-state index contributed by atoms with van der Waals surface area (Å²) in [7, 11) is 0. The van der Waals surface area contributed by atoms with E-state index in [9.17, 15) is 19.3 Å². The van der Waals surface area contributed by atoms with E-state index in [0.29, 0.717) is 11.3 Å². The largest absolute Gasteiger partial charge is 0.369 e. The van der Waals surface area contributed by atoms with Crippen molar-refractivity contribution in [2.24, 2.45) is 5.10 Å². The number of benzene rings is 2. The number of nitrogens with one attached hydrogen (secondary N) is 1. The van der Waals surface area contributed by atoms with Crippen molar-refractivity contribution in [1.29, 1.82) is 0 Å². The number of anilines is 1. The molecule has 1 fully saturated rings. The van der Waals surface area contributed by atoms with E-state index in [1.54, 1.807) is 12.1 Å². The van der Waals surface area contributed by atoms with Crippen LogP contribution in [0, 0.1) is 15.9 Å². The fraction of sp³-hybridized carbons (Fsp3) is 0.222. The number of hydrazone groups is 1. The number of amides is 1. The van der Waals surface area contributed by atoms with E-state index < -0.39 is 10.8 Å². The number of hydrogen-bond acceptors (Lipinski definition) is 5. The summed E-state index contributed by atoms with van der Waals surface area (Å²) in [5, 5.41) is 14.4. The van der Waals surface area contributed by atoms with Crippen molar-refractivity contribution in [3.8, 4) is 0 Å². The summed E-state index contributed by atoms with van der Waals surface area (Å²) in [6.07, 6.45) is 3.48. The smallest absolute Gasteiger partial charge is 0.271 e. The molecular formula is C18H17FN4O3. The molecule has 0 bridgehead atoms. The lowest BCUT2D eigenvalue weighted by atomic mass is 10.2. The number of carbonyl (C=O) groups excluding carboxylic acids is 1. The van der Waals surface area contributed by atoms with Crippen LogP contribution in [0.25, 0.3) is 0 Å². The van der Waals surface area contributed by atoms with Crippen molar-refractivity contribution in [2.75, 3.05) is 18.0 Å². The first-order valence-electron chi connectivity index (χ1n) is 8.17. The second kappa shape index (κ2) is 7.73. The minimum atomic E-state index is -0.541. The molecule has 134 valence electrons. The summed E-state index contributed by atoms with van der Waals surface area (Å²) in [5.41, 5.74) is 3.55. The van der Waals surface area contributed by atoms with Crippen molar-refractivity contribution in [3.05, 3.63) is 69.5 Å². The molecule has 2 aromatic rings. The molecule has 1 saturated heterocycles. The van der Waals surface area contributed by atoms with Gasteiger partial charge in [-0.1, -0.05) is 6.07 Å². The first-order chi connectivity index (χ1) is 12.5. The minimum Gasteiger partial charge on any atom is -0.369 e. The number of hydrogen-bond donors (Lipinski definition) is 1. The van der Waals surface area contributed by atoms with Gasteiger partial charge in [0, 0.05) is 30.8 Å². The highest BCUT2D eigenvalue weighted by Crippen LogP contribution is 2.24. The van der Waals surface area contributed by atoms with Crippen LogP contribution in [0.5, 0.6) is 0 Å². The highest BCUT2D eigenvalue weighted by Gasteiger charge is 2.16. The molecule has 0 atom stereocenters. The van der Waals surface area contributed by atoms with E-state index in [1.807, 2.05) is 4.90 Å². The molecule has 1 aliphatic rings. The van der Waals surface area contributed by atoms with Gasteiger partial charge < -0.3 is 4.90 Å². The third-order valence-electron chi connectivity index (χ3n) is 4.14. The van der Waals surface area contributed by atoms with Crippen LogP contribution in [0.1, 0.15) is 28.8 Å². The fourth-order valence-corrected chi connectivity index (χ4v) is 2.78. The first kappa shape index (κ1) is 17.5. The van der Waals surface area contributed by atoms with Gasteiger partial charge >= 0.3 is 0 Å². The van der Waals surface area contributed by atoms with Gasteiger partial charge in [0.15, 0.2) is 0 Å². The summed E-state index contributed by atoms with van der Waals surface area (Å²) >= 11 is 0. The van der Waals surface area contributed by atoms with Crippen LogP contribution in [0.2, 0.25) is 0 Å². The molecule has 8 heteroatoms. The molecule has 3 rings (SSSR count). The second-order valence-electron chi connectivity index (χ2n) is 5.91. The predicted octanol–water partition coefficient (Wildman–Crippen LogP) is 3.10. The van der Waals surface area contributed by atoms with Gasteiger partial charge in [0.05, 0.1) is 16.8 Å². The normalized spacial score (nSPS) is 14.0. The number of non-ortho nitro benzene ring substituents is 1. The number of carbonyl (C=O) groups is 1. The number of rotatable bonds is 5. The highest BCUT2D eigenvalue weighted by molar-refractivity contribution is 5.95. The third kappa shape index (κ3) is 4.02. The summed E-state index contributed by atoms with van der Waals surface area (Å²) in [5.74, 6) is -0.831. The van der Waals surface area contributed by atoms with Crippen LogP contribution >= 0.6 is 0 Å². The Balaban J connectivity index is 1.61. The van der Waals surface area contributed by atoms with Crippen molar-refractivity contribution in [1.82, 2.24) is 5.43 Å². The molecule has 26 heavy (non-hydrogen) atoms. The Hall–Kier alpha value is -3.29. The Labute approximate surface area is 149 Å². The zero-order valence-electron chi connectivity index (χ0n) is 13.9. The van der Waals surface area contributed by atoms with Crippen molar-refractivity contribution in [3.63, 3.8) is 0 Å². The molecule has 0 spiro atoms. The lowest BCUT2D eigenvalue weighted by Gasteiger charge is -2.18. The molecule has 1 amide bonds. The lowest BCUT2D eigenvalue weighted by Crippen LogP contribution is -2.19. The van der Waals surface area contributed by atoms with E-state index in [2.05, 4.69) is 10.5 Å². The fourth-order valence-electron chi connectivity index (χ4n) is 2.78. The summed E-state index contributed by atoms with van der Waals surface area (Å²) in [6.45, 7) is 1.71. The Morgan fingerprint density at radius 2 is 1.88 bits per heavy atom. The predicted molar refractivity (Wildman–Crippen MR) is 96.0 cm³/mol. The SMILES string of the molecule is O=C(N/N=C\c1ccc(N2CCCC2)c(F)c1)c1ccc([N+](=O)[O-])cc1. The van der Waals surface area contributed by atoms with Gasteiger partial charge in [0.1, 0.15) is 5.82 Å². The maximum atomic E-state index is 14.2. The van der Waals surface area contributed by atoms with Gasteiger partial charge in [-0.25, -0.2) is 9.82 Å². The van der Waals surface area contributed by atoms with Gasteiger partial charge in [-0.3, -0.25) is 14.9 Å². The second-order valence-corrected chi connectivity index (χ2v) is 5.91. The van der Waals surface area contributed by atoms with Crippen LogP contribution in [-0.4, -0.2) is 30.1 Å². The Bertz CT molecular complexity index is 846. The Morgan fingerprint density at radius 3 is 2.50 bits per heavy atom. The molecule has 0 radical (unpaired) electrons. The van der Waals surface area contributed by atoms with Crippen molar-refractivity contribution in [2.45, 2.75) is 12.8 Å². The quantitative estimate of drug-likeness (QED) is 0.506. The van der Waals surface area contributed by atoms with E-state index in [0.717, 1.165) is 25.9 Å². The highest BCUT2D eigenvalue weighted by atomic mass is 19.1. The molecule has 1 aliphatic heterocycles. The molecule has 2 aromatic carbocycles. The van der Waals surface area contributed by atoms with Crippen molar-refractivity contribution < 1.29 is 14.1 Å². The van der Waals surface area contributed by atoms with Crippen LogP contribution in [0.4, 0.5) is 15.8 Å². The maximum Gasteiger partial charge on any atom is 0.271 e. The van der Waals surface area contributed by atoms with Gasteiger partial charge in [0.25, 0.3) is 11.6 Å². The van der Waals surface area contributed by atoms with E-state index in [4.69, 9.17) is 0 Å². The number of halogens is 1. The van der Waals surface area contributed by atoms with Crippen LogP contribution in [-0.2, 0) is 0 Å². The van der Waals surface area contributed by atoms with E-state index in [-0.39, 0.29) is 17.1 Å².